The molecule has 2 aromatic carbocycles. The number of hydrogen-bond acceptors (Lipinski definition) is 5. The number of aromatic amines is 1. The molecule has 0 spiro atoms. The lowest BCUT2D eigenvalue weighted by atomic mass is 10.1. The summed E-state index contributed by atoms with van der Waals surface area (Å²) in [5.41, 5.74) is 3.19. The summed E-state index contributed by atoms with van der Waals surface area (Å²) in [5.74, 6) is -0.179. The van der Waals surface area contributed by atoms with Gasteiger partial charge in [-0.1, -0.05) is 18.2 Å². The predicted octanol–water partition coefficient (Wildman–Crippen LogP) is 3.60. The van der Waals surface area contributed by atoms with Gasteiger partial charge in [0.2, 0.25) is 0 Å². The number of rotatable bonds is 6. The van der Waals surface area contributed by atoms with Crippen molar-refractivity contribution in [1.82, 2.24) is 25.5 Å². The van der Waals surface area contributed by atoms with Gasteiger partial charge in [0.15, 0.2) is 0 Å². The minimum Gasteiger partial charge on any atom is -0.495 e. The first kappa shape index (κ1) is 19.3. The van der Waals surface area contributed by atoms with Gasteiger partial charge in [0.25, 0.3) is 5.91 Å². The zero-order valence-corrected chi connectivity index (χ0v) is 16.1. The highest BCUT2D eigenvalue weighted by atomic mass is 19.1. The van der Waals surface area contributed by atoms with Crippen LogP contribution in [-0.4, -0.2) is 33.2 Å². The Hall–Kier alpha value is -4.07. The van der Waals surface area contributed by atoms with Crippen molar-refractivity contribution in [2.75, 3.05) is 7.11 Å². The smallest absolute Gasteiger partial charge is 0.255 e. The number of ether oxygens (including phenoxy) is 1. The van der Waals surface area contributed by atoms with Gasteiger partial charge < -0.3 is 10.1 Å². The molecule has 0 radical (unpaired) electrons. The number of benzene rings is 2. The molecule has 0 atom stereocenters. The highest BCUT2D eigenvalue weighted by Crippen LogP contribution is 2.32. The first-order valence-corrected chi connectivity index (χ1v) is 9.17. The number of H-pyrrole nitrogens is 1. The van der Waals surface area contributed by atoms with E-state index in [0.29, 0.717) is 28.1 Å². The van der Waals surface area contributed by atoms with E-state index < -0.39 is 0 Å². The Labute approximate surface area is 171 Å². The van der Waals surface area contributed by atoms with Gasteiger partial charge in [-0.25, -0.2) is 4.39 Å². The van der Waals surface area contributed by atoms with Crippen molar-refractivity contribution in [3.8, 4) is 5.75 Å². The van der Waals surface area contributed by atoms with Crippen molar-refractivity contribution in [3.05, 3.63) is 83.3 Å². The number of carbonyl (C=O) groups is 1. The van der Waals surface area contributed by atoms with E-state index in [-0.39, 0.29) is 18.3 Å². The highest BCUT2D eigenvalue weighted by molar-refractivity contribution is 6.05. The minimum absolute atomic E-state index is 0.247. The van der Waals surface area contributed by atoms with E-state index in [9.17, 15) is 9.18 Å². The molecule has 1 amide bonds. The summed E-state index contributed by atoms with van der Waals surface area (Å²) in [6.45, 7) is 0.247. The average Bonchev–Trinajstić information content (AvgIpc) is 3.20. The molecule has 2 N–H and O–H groups in total. The van der Waals surface area contributed by atoms with Crippen molar-refractivity contribution in [2.45, 2.75) is 6.54 Å². The van der Waals surface area contributed by atoms with Crippen molar-refractivity contribution in [1.29, 1.82) is 0 Å². The Balaban J connectivity index is 1.64. The number of fused-ring (bicyclic) bond motifs is 1. The summed E-state index contributed by atoms with van der Waals surface area (Å²) < 4.78 is 18.7. The van der Waals surface area contributed by atoms with Gasteiger partial charge in [-0.2, -0.15) is 5.10 Å². The molecule has 2 heterocycles. The van der Waals surface area contributed by atoms with Crippen LogP contribution in [0.1, 0.15) is 27.3 Å². The Kier molecular flexibility index (Phi) is 5.47. The van der Waals surface area contributed by atoms with Crippen LogP contribution in [0.2, 0.25) is 0 Å². The molecule has 4 aromatic rings. The monoisotopic (exact) mass is 403 g/mol. The summed E-state index contributed by atoms with van der Waals surface area (Å²) in [6.07, 6.45) is 8.34. The molecule has 30 heavy (non-hydrogen) atoms. The number of hydrogen-bond donors (Lipinski definition) is 2. The Morgan fingerprint density at radius 1 is 1.17 bits per heavy atom. The largest absolute Gasteiger partial charge is 0.495 e. The number of aromatic nitrogens is 4. The normalized spacial score (nSPS) is 11.1. The predicted molar refractivity (Wildman–Crippen MR) is 111 cm³/mol. The molecule has 150 valence electrons. The Morgan fingerprint density at radius 2 is 2.00 bits per heavy atom. The first-order chi connectivity index (χ1) is 14.7. The van der Waals surface area contributed by atoms with Crippen LogP contribution in [0.3, 0.4) is 0 Å². The molecule has 0 aliphatic rings. The van der Waals surface area contributed by atoms with Gasteiger partial charge in [0.05, 0.1) is 47.7 Å². The fourth-order valence-corrected chi connectivity index (χ4v) is 3.05. The van der Waals surface area contributed by atoms with E-state index in [1.54, 1.807) is 48.9 Å². The molecule has 0 aliphatic heterocycles. The summed E-state index contributed by atoms with van der Waals surface area (Å²) in [6, 6.07) is 9.58. The van der Waals surface area contributed by atoms with E-state index in [1.165, 1.54) is 19.2 Å². The Morgan fingerprint density at radius 3 is 2.73 bits per heavy atom. The third kappa shape index (κ3) is 4.02. The fraction of sp³-hybridized carbons (Fsp3) is 0.0909. The number of halogens is 1. The van der Waals surface area contributed by atoms with Crippen molar-refractivity contribution < 1.29 is 13.9 Å². The molecule has 2 aromatic heterocycles. The van der Waals surface area contributed by atoms with Crippen LogP contribution >= 0.6 is 0 Å². The minimum atomic E-state index is -0.297. The van der Waals surface area contributed by atoms with Crippen LogP contribution in [0.5, 0.6) is 5.75 Å². The topological polar surface area (TPSA) is 92.8 Å². The maximum Gasteiger partial charge on any atom is 0.255 e. The molecule has 0 aliphatic carbocycles. The molecule has 7 nitrogen and oxygen atoms in total. The molecule has 0 bridgehead atoms. The molecule has 0 unspecified atom stereocenters. The summed E-state index contributed by atoms with van der Waals surface area (Å²) in [5, 5.41) is 10.8. The van der Waals surface area contributed by atoms with Crippen molar-refractivity contribution >= 4 is 29.0 Å². The van der Waals surface area contributed by atoms with Crippen LogP contribution in [-0.2, 0) is 6.54 Å². The van der Waals surface area contributed by atoms with Gasteiger partial charge >= 0.3 is 0 Å². The fourth-order valence-electron chi connectivity index (χ4n) is 3.05. The van der Waals surface area contributed by atoms with E-state index in [4.69, 9.17) is 4.74 Å². The molecule has 0 saturated heterocycles. The van der Waals surface area contributed by atoms with Gasteiger partial charge in [-0.3, -0.25) is 19.9 Å². The third-order valence-electron chi connectivity index (χ3n) is 4.51. The average molecular weight is 403 g/mol. The number of carbonyl (C=O) groups excluding carboxylic acids is 1. The lowest BCUT2D eigenvalue weighted by Crippen LogP contribution is -2.24. The van der Waals surface area contributed by atoms with E-state index >= 15 is 0 Å². The van der Waals surface area contributed by atoms with Crippen LogP contribution < -0.4 is 10.1 Å². The number of amides is 1. The van der Waals surface area contributed by atoms with Crippen LogP contribution in [0.25, 0.3) is 23.1 Å². The summed E-state index contributed by atoms with van der Waals surface area (Å²) in [4.78, 5) is 20.9. The molecule has 8 heteroatoms. The number of methoxy groups -OCH3 is 1. The van der Waals surface area contributed by atoms with Gasteiger partial charge in [-0.05, 0) is 35.9 Å². The summed E-state index contributed by atoms with van der Waals surface area (Å²) >= 11 is 0. The lowest BCUT2D eigenvalue weighted by Gasteiger charge is -2.10. The zero-order chi connectivity index (χ0) is 20.9. The van der Waals surface area contributed by atoms with Crippen molar-refractivity contribution in [2.24, 2.45) is 0 Å². The molecule has 4 rings (SSSR count). The second-order valence-electron chi connectivity index (χ2n) is 6.44. The summed E-state index contributed by atoms with van der Waals surface area (Å²) in [7, 11) is 1.51. The molecular weight excluding hydrogens is 385 g/mol. The van der Waals surface area contributed by atoms with Gasteiger partial charge in [0, 0.05) is 12.4 Å². The van der Waals surface area contributed by atoms with E-state index in [1.807, 2.05) is 6.08 Å². The van der Waals surface area contributed by atoms with Gasteiger partial charge in [-0.15, -0.1) is 0 Å². The zero-order valence-electron chi connectivity index (χ0n) is 16.1. The highest BCUT2D eigenvalue weighted by Gasteiger charge is 2.18. The maximum atomic E-state index is 13.1. The first-order valence-electron chi connectivity index (χ1n) is 9.17. The quantitative estimate of drug-likeness (QED) is 0.513. The van der Waals surface area contributed by atoms with Crippen LogP contribution in [0, 0.1) is 5.82 Å². The molecule has 0 saturated carbocycles. The van der Waals surface area contributed by atoms with E-state index in [0.717, 1.165) is 11.1 Å². The number of nitrogens with one attached hydrogen (secondary N) is 2. The molecular formula is C22H18FN5O2. The third-order valence-corrected chi connectivity index (χ3v) is 4.51. The SMILES string of the molecule is COc1c(C(=O)NCc2cnccn2)ccc2[nH]nc(/C=C/c3ccc(F)cc3)c12. The Bertz CT molecular complexity index is 1200. The molecule has 0 fully saturated rings. The standard InChI is InChI=1S/C22H18FN5O2/c1-30-21-17(22(29)26-13-16-12-24-10-11-25-16)7-9-19-20(21)18(27-28-19)8-4-14-2-5-15(23)6-3-14/h2-12H,13H2,1H3,(H,26,29)(H,27,28)/b8-4+. The van der Waals surface area contributed by atoms with Crippen LogP contribution in [0.4, 0.5) is 4.39 Å². The van der Waals surface area contributed by atoms with E-state index in [2.05, 4.69) is 25.5 Å². The second-order valence-corrected chi connectivity index (χ2v) is 6.44. The van der Waals surface area contributed by atoms with Gasteiger partial charge in [0.1, 0.15) is 11.6 Å². The van der Waals surface area contributed by atoms with Crippen LogP contribution in [0.15, 0.2) is 55.0 Å². The number of nitrogens with zero attached hydrogens (tertiary/aromatic N) is 3. The maximum absolute atomic E-state index is 13.1. The second kappa shape index (κ2) is 8.52. The van der Waals surface area contributed by atoms with Crippen molar-refractivity contribution in [3.63, 3.8) is 0 Å². The lowest BCUT2D eigenvalue weighted by molar-refractivity contribution is 0.0947.